The Morgan fingerprint density at radius 1 is 1.24 bits per heavy atom. The van der Waals surface area contributed by atoms with E-state index in [1.165, 1.54) is 5.56 Å². The molecule has 0 N–H and O–H groups in total. The second kappa shape index (κ2) is 5.74. The molecule has 2 rings (SSSR count). The highest BCUT2D eigenvalue weighted by Gasteiger charge is 2.18. The molecule has 1 unspecified atom stereocenters. The van der Waals surface area contributed by atoms with E-state index in [2.05, 4.69) is 72.9 Å². The minimum Gasteiger partial charge on any atom is -0.130 e. The van der Waals surface area contributed by atoms with Crippen LogP contribution in [0.4, 0.5) is 0 Å². The van der Waals surface area contributed by atoms with Crippen LogP contribution in [0.15, 0.2) is 37.0 Å². The topological polar surface area (TPSA) is 0 Å². The first kappa shape index (κ1) is 14.1. The van der Waals surface area contributed by atoms with Gasteiger partial charge in [-0.3, -0.25) is 0 Å². The molecule has 0 aliphatic rings. The van der Waals surface area contributed by atoms with E-state index < -0.39 is 0 Å². The zero-order valence-corrected chi connectivity index (χ0v) is 15.1. The van der Waals surface area contributed by atoms with Crippen molar-refractivity contribution in [3.05, 3.63) is 53.0 Å². The monoisotopic (exact) mass is 456 g/mol. The van der Waals surface area contributed by atoms with Gasteiger partial charge in [-0.15, -0.1) is 22.9 Å². The Bertz CT molecular complexity index is 531. The summed E-state index contributed by atoms with van der Waals surface area (Å²) in [6.07, 6.45) is 0. The van der Waals surface area contributed by atoms with Gasteiger partial charge in [-0.2, -0.15) is 0 Å². The fourth-order valence-electron chi connectivity index (χ4n) is 1.51. The summed E-state index contributed by atoms with van der Waals surface area (Å²) >= 11 is 18.8. The third-order valence-electron chi connectivity index (χ3n) is 2.41. The van der Waals surface area contributed by atoms with Gasteiger partial charge >= 0.3 is 0 Å². The maximum Gasteiger partial charge on any atom is 0.0939 e. The molecule has 0 radical (unpaired) electrons. The zero-order chi connectivity index (χ0) is 12.6. The molecule has 1 heterocycles. The highest BCUT2D eigenvalue weighted by molar-refractivity contribution is 9.13. The maximum atomic E-state index is 6.53. The van der Waals surface area contributed by atoms with Gasteiger partial charge in [-0.1, -0.05) is 34.1 Å². The molecule has 90 valence electrons. The number of thiophene rings is 1. The lowest BCUT2D eigenvalue weighted by molar-refractivity contribution is 1.15. The third kappa shape index (κ3) is 2.98. The average molecular weight is 459 g/mol. The molecule has 5 heteroatoms. The fourth-order valence-corrected chi connectivity index (χ4v) is 4.60. The normalized spacial score (nSPS) is 12.8. The van der Waals surface area contributed by atoms with Crippen molar-refractivity contribution in [2.75, 3.05) is 0 Å². The van der Waals surface area contributed by atoms with Crippen molar-refractivity contribution < 1.29 is 0 Å². The number of aryl methyl sites for hydroxylation is 1. The molecule has 2 aromatic rings. The Morgan fingerprint density at radius 3 is 2.53 bits per heavy atom. The van der Waals surface area contributed by atoms with Gasteiger partial charge in [0.1, 0.15) is 0 Å². The van der Waals surface area contributed by atoms with Crippen molar-refractivity contribution in [3.8, 4) is 0 Å². The Balaban J connectivity index is 2.43. The molecule has 0 bridgehead atoms. The predicted octanol–water partition coefficient (Wildman–Crippen LogP) is 6.67. The highest BCUT2D eigenvalue weighted by atomic mass is 79.9. The van der Waals surface area contributed by atoms with Gasteiger partial charge in [0.2, 0.25) is 0 Å². The summed E-state index contributed by atoms with van der Waals surface area (Å²) in [5.74, 6) is 0. The van der Waals surface area contributed by atoms with Crippen LogP contribution in [0.3, 0.4) is 0 Å². The van der Waals surface area contributed by atoms with E-state index in [1.54, 1.807) is 11.3 Å². The van der Waals surface area contributed by atoms with Crippen LogP contribution in [0.1, 0.15) is 21.4 Å². The molecule has 1 aromatic carbocycles. The molecular formula is C12H8Br3ClS. The van der Waals surface area contributed by atoms with E-state index in [-0.39, 0.29) is 5.38 Å². The van der Waals surface area contributed by atoms with E-state index >= 15 is 0 Å². The molecule has 1 atom stereocenters. The van der Waals surface area contributed by atoms with Gasteiger partial charge in [0.15, 0.2) is 0 Å². The number of benzene rings is 1. The van der Waals surface area contributed by atoms with Crippen LogP contribution in [-0.2, 0) is 0 Å². The lowest BCUT2D eigenvalue weighted by Gasteiger charge is -2.11. The van der Waals surface area contributed by atoms with Crippen LogP contribution in [0.25, 0.3) is 0 Å². The second-order valence-electron chi connectivity index (χ2n) is 3.61. The molecule has 0 aliphatic carbocycles. The van der Waals surface area contributed by atoms with Gasteiger partial charge in [0.05, 0.1) is 9.16 Å². The third-order valence-corrected chi connectivity index (χ3v) is 7.41. The van der Waals surface area contributed by atoms with Crippen LogP contribution < -0.4 is 0 Å². The van der Waals surface area contributed by atoms with Crippen molar-refractivity contribution >= 4 is 70.7 Å². The van der Waals surface area contributed by atoms with E-state index in [0.29, 0.717) is 0 Å². The standard InChI is InChI=1S/C12H8Br3ClS/c1-6-3-2-4-7(10(6)14)11(16)9-5-8(13)12(15)17-9/h2-5,11H,1H3. The summed E-state index contributed by atoms with van der Waals surface area (Å²) in [5.41, 5.74) is 2.30. The minimum absolute atomic E-state index is 0.128. The summed E-state index contributed by atoms with van der Waals surface area (Å²) in [4.78, 5) is 1.12. The lowest BCUT2D eigenvalue weighted by atomic mass is 10.1. The number of rotatable bonds is 2. The number of halogens is 4. The van der Waals surface area contributed by atoms with Crippen molar-refractivity contribution in [2.45, 2.75) is 12.3 Å². The predicted molar refractivity (Wildman–Crippen MR) is 86.3 cm³/mol. The summed E-state index contributed by atoms with van der Waals surface area (Å²) in [6.45, 7) is 2.07. The van der Waals surface area contributed by atoms with Crippen LogP contribution in [0, 0.1) is 6.92 Å². The van der Waals surface area contributed by atoms with E-state index in [4.69, 9.17) is 11.6 Å². The van der Waals surface area contributed by atoms with Crippen LogP contribution in [0.5, 0.6) is 0 Å². The fraction of sp³-hybridized carbons (Fsp3) is 0.167. The Kier molecular flexibility index (Phi) is 4.75. The minimum atomic E-state index is -0.128. The SMILES string of the molecule is Cc1cccc(C(Cl)c2cc(Br)c(Br)s2)c1Br. The van der Waals surface area contributed by atoms with E-state index in [9.17, 15) is 0 Å². The molecule has 0 nitrogen and oxygen atoms in total. The smallest absolute Gasteiger partial charge is 0.0939 e. The zero-order valence-electron chi connectivity index (χ0n) is 8.81. The number of hydrogen-bond donors (Lipinski definition) is 0. The summed E-state index contributed by atoms with van der Waals surface area (Å²) < 4.78 is 3.20. The van der Waals surface area contributed by atoms with Crippen LogP contribution >= 0.6 is 70.7 Å². The van der Waals surface area contributed by atoms with Crippen LogP contribution in [0.2, 0.25) is 0 Å². The first-order valence-electron chi connectivity index (χ1n) is 4.84. The van der Waals surface area contributed by atoms with E-state index in [1.807, 2.05) is 6.07 Å². The van der Waals surface area contributed by atoms with Crippen molar-refractivity contribution in [3.63, 3.8) is 0 Å². The quantitative estimate of drug-likeness (QED) is 0.440. The molecule has 0 fully saturated rings. The average Bonchev–Trinajstić information content (AvgIpc) is 2.62. The summed E-state index contributed by atoms with van der Waals surface area (Å²) in [5, 5.41) is -0.128. The first-order valence-corrected chi connectivity index (χ1v) is 8.47. The Morgan fingerprint density at radius 2 is 1.94 bits per heavy atom. The number of alkyl halides is 1. The van der Waals surface area contributed by atoms with Crippen molar-refractivity contribution in [1.29, 1.82) is 0 Å². The summed E-state index contributed by atoms with van der Waals surface area (Å²) in [6, 6.07) is 8.21. The Hall–Kier alpha value is 0.650. The van der Waals surface area contributed by atoms with E-state index in [0.717, 1.165) is 23.2 Å². The number of hydrogen-bond acceptors (Lipinski definition) is 1. The molecule has 0 amide bonds. The molecule has 0 saturated carbocycles. The second-order valence-corrected chi connectivity index (χ2v) is 8.10. The van der Waals surface area contributed by atoms with Crippen LogP contribution in [-0.4, -0.2) is 0 Å². The van der Waals surface area contributed by atoms with Gasteiger partial charge in [0, 0.05) is 13.8 Å². The van der Waals surface area contributed by atoms with Gasteiger partial charge in [-0.25, -0.2) is 0 Å². The lowest BCUT2D eigenvalue weighted by Crippen LogP contribution is -1.93. The molecule has 0 saturated heterocycles. The van der Waals surface area contributed by atoms with Gasteiger partial charge < -0.3 is 0 Å². The highest BCUT2D eigenvalue weighted by Crippen LogP contribution is 2.42. The Labute approximate surface area is 135 Å². The van der Waals surface area contributed by atoms with Crippen molar-refractivity contribution in [2.24, 2.45) is 0 Å². The molecule has 0 aliphatic heterocycles. The molecular weight excluding hydrogens is 451 g/mol. The largest absolute Gasteiger partial charge is 0.130 e. The summed E-state index contributed by atoms with van der Waals surface area (Å²) in [7, 11) is 0. The molecule has 0 spiro atoms. The molecule has 1 aromatic heterocycles. The van der Waals surface area contributed by atoms with Crippen molar-refractivity contribution in [1.82, 2.24) is 0 Å². The maximum absolute atomic E-state index is 6.53. The van der Waals surface area contributed by atoms with Gasteiger partial charge in [0.25, 0.3) is 0 Å². The molecule has 17 heavy (non-hydrogen) atoms. The first-order chi connectivity index (χ1) is 8.00. The van der Waals surface area contributed by atoms with Gasteiger partial charge in [-0.05, 0) is 56.0 Å².